The van der Waals surface area contributed by atoms with Crippen molar-refractivity contribution in [3.63, 3.8) is 0 Å². The Morgan fingerprint density at radius 2 is 1.88 bits per heavy atom. The summed E-state index contributed by atoms with van der Waals surface area (Å²) in [6.07, 6.45) is 1.07. The monoisotopic (exact) mass is 398 g/mol. The van der Waals surface area contributed by atoms with E-state index in [0.717, 1.165) is 16.1 Å². The van der Waals surface area contributed by atoms with Gasteiger partial charge in [0.25, 0.3) is 5.91 Å². The molecule has 1 amide bonds. The zero-order chi connectivity index (χ0) is 19.5. The third kappa shape index (κ3) is 4.74. The first-order valence-corrected chi connectivity index (χ1v) is 10.1. The highest BCUT2D eigenvalue weighted by atomic mass is 35.5. The molecule has 0 aliphatic heterocycles. The van der Waals surface area contributed by atoms with Crippen LogP contribution in [-0.2, 0) is 10.0 Å². The number of amides is 1. The van der Waals surface area contributed by atoms with Crippen LogP contribution in [0.3, 0.4) is 0 Å². The zero-order valence-corrected chi connectivity index (χ0v) is 16.3. The summed E-state index contributed by atoms with van der Waals surface area (Å²) in [6, 6.07) is 9.10. The number of aryl methyl sites for hydroxylation is 2. The van der Waals surface area contributed by atoms with Gasteiger partial charge in [0.05, 0.1) is 29.1 Å². The van der Waals surface area contributed by atoms with Gasteiger partial charge in [0.15, 0.2) is 0 Å². The first-order chi connectivity index (χ1) is 12.1. The number of carbonyl (C=O) groups is 1. The second kappa shape index (κ2) is 8.05. The van der Waals surface area contributed by atoms with E-state index in [2.05, 4.69) is 5.32 Å². The van der Waals surface area contributed by atoms with Gasteiger partial charge in [0.2, 0.25) is 10.0 Å². The van der Waals surface area contributed by atoms with Crippen molar-refractivity contribution in [2.24, 2.45) is 0 Å². The number of hydrogen-bond donors (Lipinski definition) is 1. The molecular formula is C18H20ClFN2O3S. The van der Waals surface area contributed by atoms with Gasteiger partial charge in [0.1, 0.15) is 5.82 Å². The predicted octanol–water partition coefficient (Wildman–Crippen LogP) is 3.29. The second-order valence-electron chi connectivity index (χ2n) is 5.98. The van der Waals surface area contributed by atoms with E-state index in [1.807, 2.05) is 13.0 Å². The Hall–Kier alpha value is -2.12. The van der Waals surface area contributed by atoms with Gasteiger partial charge < -0.3 is 5.32 Å². The number of halogens is 2. The second-order valence-corrected chi connectivity index (χ2v) is 8.30. The minimum absolute atomic E-state index is 0.00385. The Labute approximate surface area is 157 Å². The van der Waals surface area contributed by atoms with Crippen molar-refractivity contribution in [2.45, 2.75) is 13.8 Å². The summed E-state index contributed by atoms with van der Waals surface area (Å²) in [5, 5.41) is 2.85. The first-order valence-electron chi connectivity index (χ1n) is 7.88. The number of hydrogen-bond acceptors (Lipinski definition) is 3. The molecular weight excluding hydrogens is 379 g/mol. The Balaban J connectivity index is 2.19. The average Bonchev–Trinajstić information content (AvgIpc) is 2.51. The van der Waals surface area contributed by atoms with E-state index in [-0.39, 0.29) is 18.7 Å². The van der Waals surface area contributed by atoms with Crippen molar-refractivity contribution in [1.29, 1.82) is 0 Å². The fraction of sp³-hybridized carbons (Fsp3) is 0.278. The molecule has 5 nitrogen and oxygen atoms in total. The highest BCUT2D eigenvalue weighted by Gasteiger charge is 2.22. The number of sulfonamides is 1. The van der Waals surface area contributed by atoms with Gasteiger partial charge in [-0.05, 0) is 43.2 Å². The van der Waals surface area contributed by atoms with E-state index in [1.54, 1.807) is 19.1 Å². The van der Waals surface area contributed by atoms with Crippen molar-refractivity contribution < 1.29 is 17.6 Å². The van der Waals surface area contributed by atoms with E-state index in [9.17, 15) is 17.6 Å². The van der Waals surface area contributed by atoms with Crippen LogP contribution in [0.1, 0.15) is 21.5 Å². The Bertz CT molecular complexity index is 909. The van der Waals surface area contributed by atoms with Crippen LogP contribution in [0.5, 0.6) is 0 Å². The molecule has 0 heterocycles. The molecule has 0 saturated heterocycles. The Kier molecular flexibility index (Phi) is 6.26. The molecule has 0 atom stereocenters. The summed E-state index contributed by atoms with van der Waals surface area (Å²) in [6.45, 7) is 3.61. The number of benzene rings is 2. The molecule has 0 radical (unpaired) electrons. The standard InChI is InChI=1S/C18H20ClFN2O3S/c1-12-10-13(2)17(15(19)11-12)22(26(3,24)25)9-8-21-18(23)14-6-4-5-7-16(14)20/h4-7,10-11H,8-9H2,1-3H3,(H,21,23). The highest BCUT2D eigenvalue weighted by molar-refractivity contribution is 7.92. The summed E-state index contributed by atoms with van der Waals surface area (Å²) in [7, 11) is -3.62. The van der Waals surface area contributed by atoms with Gasteiger partial charge in [-0.1, -0.05) is 29.8 Å². The van der Waals surface area contributed by atoms with E-state index >= 15 is 0 Å². The van der Waals surface area contributed by atoms with Gasteiger partial charge >= 0.3 is 0 Å². The lowest BCUT2D eigenvalue weighted by Gasteiger charge is -2.25. The van der Waals surface area contributed by atoms with E-state index < -0.39 is 21.7 Å². The van der Waals surface area contributed by atoms with Crippen molar-refractivity contribution in [3.05, 3.63) is 63.9 Å². The third-order valence-corrected chi connectivity index (χ3v) is 5.22. The number of carbonyl (C=O) groups excluding carboxylic acids is 1. The minimum atomic E-state index is -3.62. The molecule has 0 saturated carbocycles. The molecule has 26 heavy (non-hydrogen) atoms. The normalized spacial score (nSPS) is 11.3. The maximum absolute atomic E-state index is 13.6. The van der Waals surface area contributed by atoms with Crippen LogP contribution >= 0.6 is 11.6 Å². The van der Waals surface area contributed by atoms with Gasteiger partial charge in [-0.15, -0.1) is 0 Å². The van der Waals surface area contributed by atoms with E-state index in [1.165, 1.54) is 18.2 Å². The van der Waals surface area contributed by atoms with Crippen LogP contribution in [-0.4, -0.2) is 33.7 Å². The molecule has 0 aromatic heterocycles. The van der Waals surface area contributed by atoms with Crippen LogP contribution in [0, 0.1) is 19.7 Å². The van der Waals surface area contributed by atoms with Gasteiger partial charge in [0, 0.05) is 6.54 Å². The molecule has 140 valence electrons. The zero-order valence-electron chi connectivity index (χ0n) is 14.7. The number of anilines is 1. The number of nitrogens with one attached hydrogen (secondary N) is 1. The molecule has 2 rings (SSSR count). The third-order valence-electron chi connectivity index (χ3n) is 3.77. The Morgan fingerprint density at radius 3 is 2.46 bits per heavy atom. The molecule has 2 aromatic carbocycles. The van der Waals surface area contributed by atoms with Crippen molar-refractivity contribution in [2.75, 3.05) is 23.7 Å². The maximum atomic E-state index is 13.6. The number of rotatable bonds is 6. The van der Waals surface area contributed by atoms with Crippen LogP contribution < -0.4 is 9.62 Å². The fourth-order valence-electron chi connectivity index (χ4n) is 2.68. The fourth-order valence-corrected chi connectivity index (χ4v) is 4.15. The molecule has 0 spiro atoms. The molecule has 1 N–H and O–H groups in total. The van der Waals surface area contributed by atoms with Crippen LogP contribution in [0.25, 0.3) is 0 Å². The quantitative estimate of drug-likeness (QED) is 0.811. The smallest absolute Gasteiger partial charge is 0.254 e. The summed E-state index contributed by atoms with van der Waals surface area (Å²) in [4.78, 5) is 12.1. The van der Waals surface area contributed by atoms with Gasteiger partial charge in [-0.2, -0.15) is 0 Å². The molecule has 0 unspecified atom stereocenters. The van der Waals surface area contributed by atoms with Crippen LogP contribution in [0.4, 0.5) is 10.1 Å². The van der Waals surface area contributed by atoms with Gasteiger partial charge in [-0.25, -0.2) is 12.8 Å². The Morgan fingerprint density at radius 1 is 1.23 bits per heavy atom. The van der Waals surface area contributed by atoms with E-state index in [4.69, 9.17) is 11.6 Å². The lowest BCUT2D eigenvalue weighted by atomic mass is 10.1. The number of nitrogens with zero attached hydrogens (tertiary/aromatic N) is 1. The first kappa shape index (κ1) is 20.2. The summed E-state index contributed by atoms with van der Waals surface area (Å²) in [5.41, 5.74) is 1.90. The molecule has 0 aliphatic carbocycles. The van der Waals surface area contributed by atoms with Crippen LogP contribution in [0.15, 0.2) is 36.4 Å². The van der Waals surface area contributed by atoms with Gasteiger partial charge in [-0.3, -0.25) is 9.10 Å². The topological polar surface area (TPSA) is 66.5 Å². The van der Waals surface area contributed by atoms with Crippen LogP contribution in [0.2, 0.25) is 5.02 Å². The maximum Gasteiger partial charge on any atom is 0.254 e. The highest BCUT2D eigenvalue weighted by Crippen LogP contribution is 2.32. The minimum Gasteiger partial charge on any atom is -0.350 e. The van der Waals surface area contributed by atoms with Crippen molar-refractivity contribution in [3.8, 4) is 0 Å². The molecule has 8 heteroatoms. The predicted molar refractivity (Wildman–Crippen MR) is 102 cm³/mol. The average molecular weight is 399 g/mol. The molecule has 0 aliphatic rings. The van der Waals surface area contributed by atoms with Crippen molar-refractivity contribution in [1.82, 2.24) is 5.32 Å². The molecule has 2 aromatic rings. The summed E-state index contributed by atoms with van der Waals surface area (Å²) >= 11 is 6.25. The summed E-state index contributed by atoms with van der Waals surface area (Å²) in [5.74, 6) is -1.24. The lowest BCUT2D eigenvalue weighted by molar-refractivity contribution is 0.0951. The lowest BCUT2D eigenvalue weighted by Crippen LogP contribution is -2.38. The largest absolute Gasteiger partial charge is 0.350 e. The molecule has 0 fully saturated rings. The SMILES string of the molecule is Cc1cc(C)c(N(CCNC(=O)c2ccccc2F)S(C)(=O)=O)c(Cl)c1. The van der Waals surface area contributed by atoms with E-state index in [0.29, 0.717) is 16.3 Å². The summed E-state index contributed by atoms with van der Waals surface area (Å²) < 4.78 is 39.2. The molecule has 0 bridgehead atoms. The van der Waals surface area contributed by atoms with Crippen molar-refractivity contribution >= 4 is 33.2 Å².